The van der Waals surface area contributed by atoms with Crippen molar-refractivity contribution in [3.63, 3.8) is 0 Å². The zero-order valence-corrected chi connectivity index (χ0v) is 12.8. The highest BCUT2D eigenvalue weighted by atomic mass is 35.5. The highest BCUT2D eigenvalue weighted by Gasteiger charge is 2.20. The number of methoxy groups -OCH3 is 1. The molecule has 0 bridgehead atoms. The van der Waals surface area contributed by atoms with Crippen molar-refractivity contribution in [2.75, 3.05) is 13.7 Å². The average molecular weight is 309 g/mol. The summed E-state index contributed by atoms with van der Waals surface area (Å²) < 4.78 is 19.1. The number of hydrogen-bond donors (Lipinski definition) is 1. The second kappa shape index (κ2) is 7.38. The van der Waals surface area contributed by atoms with Gasteiger partial charge >= 0.3 is 0 Å². The monoisotopic (exact) mass is 308 g/mol. The molecule has 0 spiro atoms. The van der Waals surface area contributed by atoms with Crippen LogP contribution in [0.15, 0.2) is 36.5 Å². The third kappa shape index (κ3) is 3.71. The predicted octanol–water partition coefficient (Wildman–Crippen LogP) is 3.97. The molecule has 1 atom stereocenters. The van der Waals surface area contributed by atoms with Gasteiger partial charge in [0.15, 0.2) is 0 Å². The van der Waals surface area contributed by atoms with Crippen LogP contribution in [-0.4, -0.2) is 18.6 Å². The molecule has 1 unspecified atom stereocenters. The number of nitrogens with one attached hydrogen (secondary N) is 1. The smallest absolute Gasteiger partial charge is 0.142 e. The molecule has 1 aromatic heterocycles. The van der Waals surface area contributed by atoms with Gasteiger partial charge in [0.25, 0.3) is 0 Å². The van der Waals surface area contributed by atoms with Gasteiger partial charge in [0.1, 0.15) is 17.3 Å². The summed E-state index contributed by atoms with van der Waals surface area (Å²) in [6, 6.07) is 8.20. The number of rotatable bonds is 6. The molecule has 5 heteroatoms. The van der Waals surface area contributed by atoms with E-state index in [2.05, 4.69) is 17.2 Å². The molecule has 0 amide bonds. The first-order valence-corrected chi connectivity index (χ1v) is 7.22. The summed E-state index contributed by atoms with van der Waals surface area (Å²) >= 11 is 5.76. The summed E-state index contributed by atoms with van der Waals surface area (Å²) in [7, 11) is 1.60. The van der Waals surface area contributed by atoms with Crippen molar-refractivity contribution in [2.45, 2.75) is 19.4 Å². The Kier molecular flexibility index (Phi) is 5.53. The summed E-state index contributed by atoms with van der Waals surface area (Å²) in [5, 5.41) is 3.48. The van der Waals surface area contributed by atoms with Crippen LogP contribution in [0.25, 0.3) is 0 Å². The fraction of sp³-hybridized carbons (Fsp3) is 0.312. The predicted molar refractivity (Wildman–Crippen MR) is 82.3 cm³/mol. The van der Waals surface area contributed by atoms with E-state index in [-0.39, 0.29) is 11.1 Å². The number of nitrogens with zero attached hydrogens (tertiary/aromatic N) is 1. The lowest BCUT2D eigenvalue weighted by Gasteiger charge is -2.20. The van der Waals surface area contributed by atoms with E-state index in [1.807, 2.05) is 12.1 Å². The first kappa shape index (κ1) is 15.7. The Morgan fingerprint density at radius 1 is 1.38 bits per heavy atom. The van der Waals surface area contributed by atoms with Crippen LogP contribution in [0.4, 0.5) is 4.39 Å². The molecule has 112 valence electrons. The normalized spacial score (nSPS) is 12.2. The number of hydrogen-bond acceptors (Lipinski definition) is 3. The Balaban J connectivity index is 2.44. The standard InChI is InChI=1S/C16H18ClFN2O/c1-3-8-19-15(11-6-7-12(17)13(18)10-11)16-14(21-2)5-4-9-20-16/h4-7,9-10,15,19H,3,8H2,1-2H3. The molecule has 0 saturated carbocycles. The maximum atomic E-state index is 13.7. The minimum Gasteiger partial charge on any atom is -0.495 e. The van der Waals surface area contributed by atoms with Crippen molar-refractivity contribution >= 4 is 11.6 Å². The fourth-order valence-corrected chi connectivity index (χ4v) is 2.26. The fourth-order valence-electron chi connectivity index (χ4n) is 2.15. The van der Waals surface area contributed by atoms with Gasteiger partial charge in [0, 0.05) is 6.20 Å². The molecule has 0 aliphatic rings. The molecular formula is C16H18ClFN2O. The first-order valence-electron chi connectivity index (χ1n) is 6.84. The van der Waals surface area contributed by atoms with Crippen LogP contribution >= 0.6 is 11.6 Å². The second-order valence-corrected chi connectivity index (χ2v) is 5.06. The zero-order chi connectivity index (χ0) is 15.2. The molecule has 0 aliphatic carbocycles. The van der Waals surface area contributed by atoms with Crippen LogP contribution in [0.2, 0.25) is 5.02 Å². The van der Waals surface area contributed by atoms with Crippen molar-refractivity contribution in [2.24, 2.45) is 0 Å². The van der Waals surface area contributed by atoms with Gasteiger partial charge in [-0.15, -0.1) is 0 Å². The highest BCUT2D eigenvalue weighted by Crippen LogP contribution is 2.29. The van der Waals surface area contributed by atoms with Crippen LogP contribution in [0, 0.1) is 5.82 Å². The topological polar surface area (TPSA) is 34.2 Å². The van der Waals surface area contributed by atoms with Crippen LogP contribution in [0.5, 0.6) is 5.75 Å². The molecule has 2 rings (SSSR count). The van der Waals surface area contributed by atoms with E-state index in [1.165, 1.54) is 6.07 Å². The van der Waals surface area contributed by atoms with Gasteiger partial charge < -0.3 is 10.1 Å². The van der Waals surface area contributed by atoms with E-state index < -0.39 is 5.82 Å². The molecule has 1 N–H and O–H groups in total. The Morgan fingerprint density at radius 3 is 2.86 bits per heavy atom. The Hall–Kier alpha value is -1.65. The van der Waals surface area contributed by atoms with Gasteiger partial charge in [-0.1, -0.05) is 24.6 Å². The summed E-state index contributed by atoms with van der Waals surface area (Å²) in [4.78, 5) is 4.39. The largest absolute Gasteiger partial charge is 0.495 e. The molecule has 1 heterocycles. The Labute approximate surface area is 129 Å². The van der Waals surface area contributed by atoms with E-state index in [0.29, 0.717) is 5.75 Å². The molecule has 0 fully saturated rings. The number of benzene rings is 1. The van der Waals surface area contributed by atoms with E-state index in [0.717, 1.165) is 24.2 Å². The SMILES string of the molecule is CCCNC(c1ccc(Cl)c(F)c1)c1ncccc1OC. The molecule has 2 aromatic rings. The van der Waals surface area contributed by atoms with Crippen molar-refractivity contribution in [3.05, 3.63) is 58.6 Å². The molecule has 21 heavy (non-hydrogen) atoms. The highest BCUT2D eigenvalue weighted by molar-refractivity contribution is 6.30. The minimum absolute atomic E-state index is 0.112. The molecule has 0 saturated heterocycles. The van der Waals surface area contributed by atoms with Crippen molar-refractivity contribution in [1.82, 2.24) is 10.3 Å². The van der Waals surface area contributed by atoms with Gasteiger partial charge in [0.05, 0.1) is 18.2 Å². The Bertz CT molecular complexity index is 607. The van der Waals surface area contributed by atoms with Gasteiger partial charge in [-0.05, 0) is 42.8 Å². The van der Waals surface area contributed by atoms with Gasteiger partial charge in [0.2, 0.25) is 0 Å². The molecular weight excluding hydrogens is 291 g/mol. The number of aromatic nitrogens is 1. The Morgan fingerprint density at radius 2 is 2.19 bits per heavy atom. The van der Waals surface area contributed by atoms with E-state index in [9.17, 15) is 4.39 Å². The van der Waals surface area contributed by atoms with E-state index in [4.69, 9.17) is 16.3 Å². The summed E-state index contributed by atoms with van der Waals surface area (Å²) in [6.07, 6.45) is 2.66. The molecule has 3 nitrogen and oxygen atoms in total. The summed E-state index contributed by atoms with van der Waals surface area (Å²) in [6.45, 7) is 2.86. The minimum atomic E-state index is -0.438. The van der Waals surface area contributed by atoms with Crippen molar-refractivity contribution in [3.8, 4) is 5.75 Å². The molecule has 1 aromatic carbocycles. The summed E-state index contributed by atoms with van der Waals surface area (Å²) in [5.41, 5.74) is 1.50. The van der Waals surface area contributed by atoms with E-state index in [1.54, 1.807) is 25.4 Å². The maximum absolute atomic E-state index is 13.7. The average Bonchev–Trinajstić information content (AvgIpc) is 2.51. The zero-order valence-electron chi connectivity index (χ0n) is 12.1. The number of halogens is 2. The van der Waals surface area contributed by atoms with Gasteiger partial charge in [-0.25, -0.2) is 4.39 Å². The number of pyridine rings is 1. The molecule has 0 radical (unpaired) electrons. The van der Waals surface area contributed by atoms with E-state index >= 15 is 0 Å². The second-order valence-electron chi connectivity index (χ2n) is 4.65. The van der Waals surface area contributed by atoms with Crippen molar-refractivity contribution < 1.29 is 9.13 Å². The van der Waals surface area contributed by atoms with Crippen LogP contribution in [0.3, 0.4) is 0 Å². The van der Waals surface area contributed by atoms with Gasteiger partial charge in [-0.3, -0.25) is 4.98 Å². The molecule has 0 aliphatic heterocycles. The first-order chi connectivity index (χ1) is 10.2. The lowest BCUT2D eigenvalue weighted by atomic mass is 10.0. The van der Waals surface area contributed by atoms with Crippen LogP contribution in [0.1, 0.15) is 30.6 Å². The van der Waals surface area contributed by atoms with Crippen molar-refractivity contribution in [1.29, 1.82) is 0 Å². The third-order valence-electron chi connectivity index (χ3n) is 3.17. The quantitative estimate of drug-likeness (QED) is 0.876. The van der Waals surface area contributed by atoms with Crippen LogP contribution in [-0.2, 0) is 0 Å². The lowest BCUT2D eigenvalue weighted by molar-refractivity contribution is 0.399. The maximum Gasteiger partial charge on any atom is 0.142 e. The third-order valence-corrected chi connectivity index (χ3v) is 3.48. The number of ether oxygens (including phenoxy) is 1. The lowest BCUT2D eigenvalue weighted by Crippen LogP contribution is -2.24. The summed E-state index contributed by atoms with van der Waals surface area (Å²) in [5.74, 6) is 0.230. The van der Waals surface area contributed by atoms with Crippen LogP contribution < -0.4 is 10.1 Å². The van der Waals surface area contributed by atoms with Gasteiger partial charge in [-0.2, -0.15) is 0 Å².